The quantitative estimate of drug-likeness (QED) is 0.765. The lowest BCUT2D eigenvalue weighted by atomic mass is 10.0. The Morgan fingerprint density at radius 3 is 2.85 bits per heavy atom. The molecule has 0 N–H and O–H groups in total. The van der Waals surface area contributed by atoms with Crippen LogP contribution in [0.5, 0.6) is 0 Å². The summed E-state index contributed by atoms with van der Waals surface area (Å²) in [7, 11) is 0. The molecule has 2 aliphatic heterocycles. The van der Waals surface area contributed by atoms with Gasteiger partial charge in [0.05, 0.1) is 34.9 Å². The van der Waals surface area contributed by atoms with E-state index in [0.717, 1.165) is 16.8 Å². The Kier molecular flexibility index (Phi) is 4.18. The summed E-state index contributed by atoms with van der Waals surface area (Å²) in [6.45, 7) is 3.49. The monoisotopic (exact) mass is 378 g/mol. The average Bonchev–Trinajstić information content (AvgIpc) is 3.27. The van der Waals surface area contributed by atoms with Gasteiger partial charge in [-0.05, 0) is 6.92 Å². The van der Waals surface area contributed by atoms with Crippen molar-refractivity contribution in [2.75, 3.05) is 19.6 Å². The van der Waals surface area contributed by atoms with Crippen LogP contribution in [0, 0.1) is 30.5 Å². The zero-order chi connectivity index (χ0) is 18.4. The van der Waals surface area contributed by atoms with E-state index in [4.69, 9.17) is 0 Å². The number of nitrogens with zero attached hydrogens (tertiary/aromatic N) is 4. The number of likely N-dealkylation sites (tertiary alicyclic amines) is 2. The predicted molar refractivity (Wildman–Crippen MR) is 89.3 cm³/mol. The second kappa shape index (κ2) is 6.39. The van der Waals surface area contributed by atoms with Gasteiger partial charge in [-0.3, -0.25) is 9.59 Å². The molecule has 26 heavy (non-hydrogen) atoms. The van der Waals surface area contributed by atoms with E-state index in [0.29, 0.717) is 25.8 Å². The topological polar surface area (TPSA) is 66.4 Å². The second-order valence-corrected chi connectivity index (χ2v) is 7.70. The zero-order valence-electron chi connectivity index (χ0n) is 14.0. The lowest BCUT2D eigenvalue weighted by Crippen LogP contribution is -2.35. The molecule has 0 aromatic carbocycles. The molecule has 9 heteroatoms. The van der Waals surface area contributed by atoms with Crippen molar-refractivity contribution in [3.63, 3.8) is 0 Å². The standard InChI is InChI=1S/C17H16F2N4O2S/c1-9-21-11(8-26-9)6-22-4-10-5-23(7-13(10)17(22)25)16(24)12-2-15(19)20-3-14(12)18/h2-3,8,10,13H,4-7H2,1H3/t10-,13+/m1/s1. The number of carbonyl (C=O) groups is 2. The van der Waals surface area contributed by atoms with Crippen LogP contribution in [0.3, 0.4) is 0 Å². The van der Waals surface area contributed by atoms with E-state index in [1.165, 1.54) is 4.90 Å². The molecule has 2 fully saturated rings. The summed E-state index contributed by atoms with van der Waals surface area (Å²) in [6, 6.07) is 0.796. The van der Waals surface area contributed by atoms with Crippen molar-refractivity contribution in [2.45, 2.75) is 13.5 Å². The lowest BCUT2D eigenvalue weighted by molar-refractivity contribution is -0.131. The van der Waals surface area contributed by atoms with Crippen LogP contribution in [0.15, 0.2) is 17.6 Å². The van der Waals surface area contributed by atoms with Crippen LogP contribution >= 0.6 is 11.3 Å². The van der Waals surface area contributed by atoms with Crippen LogP contribution in [-0.4, -0.2) is 51.2 Å². The SMILES string of the molecule is Cc1nc(CN2C[C@@H]3CN(C(=O)c4cc(F)ncc4F)C[C@@H]3C2=O)cs1. The summed E-state index contributed by atoms with van der Waals surface area (Å²) in [5.74, 6) is -2.69. The van der Waals surface area contributed by atoms with Gasteiger partial charge in [-0.1, -0.05) is 0 Å². The highest BCUT2D eigenvalue weighted by Gasteiger charge is 2.47. The molecule has 0 bridgehead atoms. The van der Waals surface area contributed by atoms with Gasteiger partial charge in [0.15, 0.2) is 5.82 Å². The van der Waals surface area contributed by atoms with Crippen molar-refractivity contribution in [3.8, 4) is 0 Å². The minimum Gasteiger partial charge on any atom is -0.337 e. The second-order valence-electron chi connectivity index (χ2n) is 6.64. The molecule has 2 aromatic rings. The van der Waals surface area contributed by atoms with Gasteiger partial charge < -0.3 is 9.80 Å². The Labute approximate surface area is 152 Å². The molecular formula is C17H16F2N4O2S. The molecule has 0 spiro atoms. The van der Waals surface area contributed by atoms with Gasteiger partial charge in [0.25, 0.3) is 5.91 Å². The van der Waals surface area contributed by atoms with Gasteiger partial charge in [-0.2, -0.15) is 4.39 Å². The maximum absolute atomic E-state index is 13.8. The first-order chi connectivity index (χ1) is 12.4. The fourth-order valence-corrected chi connectivity index (χ4v) is 4.28. The van der Waals surface area contributed by atoms with Crippen LogP contribution in [0.4, 0.5) is 8.78 Å². The molecule has 2 aliphatic rings. The van der Waals surface area contributed by atoms with Crippen LogP contribution in [0.2, 0.25) is 0 Å². The molecule has 0 saturated carbocycles. The average molecular weight is 378 g/mol. The zero-order valence-corrected chi connectivity index (χ0v) is 14.8. The number of aryl methyl sites for hydroxylation is 1. The number of fused-ring (bicyclic) bond motifs is 1. The maximum Gasteiger partial charge on any atom is 0.257 e. The van der Waals surface area contributed by atoms with Gasteiger partial charge in [-0.15, -0.1) is 11.3 Å². The Morgan fingerprint density at radius 1 is 1.35 bits per heavy atom. The molecule has 4 rings (SSSR count). The largest absolute Gasteiger partial charge is 0.337 e. The number of rotatable bonds is 3. The van der Waals surface area contributed by atoms with E-state index < -0.39 is 17.7 Å². The number of carbonyl (C=O) groups excluding carboxylic acids is 2. The fraction of sp³-hybridized carbons (Fsp3) is 0.412. The van der Waals surface area contributed by atoms with Crippen molar-refractivity contribution in [3.05, 3.63) is 45.7 Å². The van der Waals surface area contributed by atoms with Gasteiger partial charge in [-0.25, -0.2) is 14.4 Å². The normalized spacial score (nSPS) is 22.2. The Morgan fingerprint density at radius 2 is 2.15 bits per heavy atom. The Balaban J connectivity index is 1.44. The molecule has 6 nitrogen and oxygen atoms in total. The number of amides is 2. The van der Waals surface area contributed by atoms with Crippen molar-refractivity contribution in [2.24, 2.45) is 11.8 Å². The number of halogens is 2. The molecule has 0 unspecified atom stereocenters. The number of aromatic nitrogens is 2. The molecule has 2 amide bonds. The van der Waals surface area contributed by atoms with Crippen molar-refractivity contribution in [1.29, 1.82) is 0 Å². The van der Waals surface area contributed by atoms with E-state index in [1.807, 2.05) is 12.3 Å². The van der Waals surface area contributed by atoms with Gasteiger partial charge in [0, 0.05) is 37.0 Å². The van der Waals surface area contributed by atoms with Gasteiger partial charge in [0.1, 0.15) is 0 Å². The fourth-order valence-electron chi connectivity index (χ4n) is 3.68. The molecule has 0 radical (unpaired) electrons. The van der Waals surface area contributed by atoms with E-state index in [2.05, 4.69) is 9.97 Å². The van der Waals surface area contributed by atoms with Crippen LogP contribution in [0.1, 0.15) is 21.1 Å². The first-order valence-electron chi connectivity index (χ1n) is 8.22. The minimum absolute atomic E-state index is 0.000859. The van der Waals surface area contributed by atoms with Crippen LogP contribution in [0.25, 0.3) is 0 Å². The summed E-state index contributed by atoms with van der Waals surface area (Å²) < 4.78 is 27.0. The van der Waals surface area contributed by atoms with Crippen LogP contribution in [-0.2, 0) is 11.3 Å². The molecule has 0 aliphatic carbocycles. The third-order valence-corrected chi connectivity index (χ3v) is 5.71. The summed E-state index contributed by atoms with van der Waals surface area (Å²) in [6.07, 6.45) is 0.697. The Bertz CT molecular complexity index is 887. The van der Waals surface area contributed by atoms with Crippen molar-refractivity contribution < 1.29 is 18.4 Å². The Hall–Kier alpha value is -2.42. The molecule has 136 valence electrons. The summed E-state index contributed by atoms with van der Waals surface area (Å²) >= 11 is 1.54. The molecule has 2 atom stereocenters. The third kappa shape index (κ3) is 2.96. The first kappa shape index (κ1) is 17.0. The minimum atomic E-state index is -0.907. The highest BCUT2D eigenvalue weighted by Crippen LogP contribution is 2.34. The molecular weight excluding hydrogens is 362 g/mol. The highest BCUT2D eigenvalue weighted by atomic mass is 32.1. The van der Waals surface area contributed by atoms with Crippen LogP contribution < -0.4 is 0 Å². The number of hydrogen-bond donors (Lipinski definition) is 0. The molecule has 4 heterocycles. The van der Waals surface area contributed by atoms with Crippen molar-refractivity contribution in [1.82, 2.24) is 19.8 Å². The molecule has 2 saturated heterocycles. The first-order valence-corrected chi connectivity index (χ1v) is 9.10. The maximum atomic E-state index is 13.8. The van der Waals surface area contributed by atoms with Gasteiger partial charge in [0.2, 0.25) is 11.9 Å². The summed E-state index contributed by atoms with van der Waals surface area (Å²) in [4.78, 5) is 35.9. The highest BCUT2D eigenvalue weighted by molar-refractivity contribution is 7.09. The van der Waals surface area contributed by atoms with Crippen molar-refractivity contribution >= 4 is 23.2 Å². The lowest BCUT2D eigenvalue weighted by Gasteiger charge is -2.21. The van der Waals surface area contributed by atoms with E-state index >= 15 is 0 Å². The predicted octanol–water partition coefficient (Wildman–Crippen LogP) is 1.86. The number of hydrogen-bond acceptors (Lipinski definition) is 5. The summed E-state index contributed by atoms with van der Waals surface area (Å²) in [5.41, 5.74) is 0.516. The van der Waals surface area contributed by atoms with E-state index in [1.54, 1.807) is 16.2 Å². The van der Waals surface area contributed by atoms with Gasteiger partial charge >= 0.3 is 0 Å². The number of thiazole rings is 1. The van der Waals surface area contributed by atoms with E-state index in [9.17, 15) is 18.4 Å². The summed E-state index contributed by atoms with van der Waals surface area (Å²) in [5, 5.41) is 2.89. The third-order valence-electron chi connectivity index (χ3n) is 4.88. The van der Waals surface area contributed by atoms with E-state index in [-0.39, 0.29) is 29.9 Å². The number of pyridine rings is 1. The molecule has 2 aromatic heterocycles. The smallest absolute Gasteiger partial charge is 0.257 e.